The Hall–Kier alpha value is 0.270. The van der Waals surface area contributed by atoms with Crippen LogP contribution < -0.4 is 5.73 Å². The van der Waals surface area contributed by atoms with E-state index in [1.54, 1.807) is 0 Å². The number of rotatable bonds is 4. The third kappa shape index (κ3) is 3.48. The van der Waals surface area contributed by atoms with Gasteiger partial charge in [-0.25, -0.2) is 0 Å². The van der Waals surface area contributed by atoms with E-state index in [2.05, 4.69) is 11.8 Å². The van der Waals surface area contributed by atoms with Gasteiger partial charge in [0.15, 0.2) is 0 Å². The second-order valence-electron chi connectivity index (χ2n) is 6.90. The van der Waals surface area contributed by atoms with Crippen molar-refractivity contribution < 1.29 is 4.74 Å². The van der Waals surface area contributed by atoms with Crippen molar-refractivity contribution in [2.75, 3.05) is 12.4 Å². The van der Waals surface area contributed by atoms with Crippen molar-refractivity contribution in [2.24, 2.45) is 11.7 Å². The van der Waals surface area contributed by atoms with Gasteiger partial charge < -0.3 is 10.5 Å². The van der Waals surface area contributed by atoms with E-state index in [1.165, 1.54) is 70.0 Å². The third-order valence-corrected chi connectivity index (χ3v) is 7.00. The maximum absolute atomic E-state index is 6.49. The summed E-state index contributed by atoms with van der Waals surface area (Å²) in [6, 6.07) is 0.397. The minimum Gasteiger partial charge on any atom is -0.375 e. The minimum atomic E-state index is 0.260. The fourth-order valence-electron chi connectivity index (χ4n) is 3.97. The van der Waals surface area contributed by atoms with Gasteiger partial charge in [-0.3, -0.25) is 0 Å². The minimum absolute atomic E-state index is 0.260. The highest BCUT2D eigenvalue weighted by molar-refractivity contribution is 7.99. The zero-order valence-corrected chi connectivity index (χ0v) is 12.9. The lowest BCUT2D eigenvalue weighted by Crippen LogP contribution is -2.49. The Balaban J connectivity index is 1.42. The summed E-state index contributed by atoms with van der Waals surface area (Å²) in [7, 11) is 0. The van der Waals surface area contributed by atoms with Crippen LogP contribution in [0.5, 0.6) is 0 Å². The van der Waals surface area contributed by atoms with E-state index in [1.807, 2.05) is 0 Å². The molecule has 110 valence electrons. The summed E-state index contributed by atoms with van der Waals surface area (Å²) in [6.45, 7) is 0.951. The lowest BCUT2D eigenvalue weighted by atomic mass is 9.71. The van der Waals surface area contributed by atoms with Crippen molar-refractivity contribution in [1.29, 1.82) is 0 Å². The first kappa shape index (κ1) is 14.2. The van der Waals surface area contributed by atoms with Crippen LogP contribution >= 0.6 is 11.8 Å². The molecule has 0 radical (unpaired) electrons. The molecular weight excluding hydrogens is 254 g/mol. The van der Waals surface area contributed by atoms with Crippen molar-refractivity contribution in [3.8, 4) is 0 Å². The van der Waals surface area contributed by atoms with E-state index in [-0.39, 0.29) is 5.60 Å². The first-order valence-corrected chi connectivity index (χ1v) is 9.33. The first-order chi connectivity index (χ1) is 9.27. The van der Waals surface area contributed by atoms with Crippen LogP contribution in [-0.2, 0) is 4.74 Å². The van der Waals surface area contributed by atoms with E-state index in [4.69, 9.17) is 10.5 Å². The first-order valence-electron chi connectivity index (χ1n) is 8.29. The summed E-state index contributed by atoms with van der Waals surface area (Å²) in [5.74, 6) is 1.89. The summed E-state index contributed by atoms with van der Waals surface area (Å²) in [6.07, 6.45) is 13.5. The molecule has 3 fully saturated rings. The van der Waals surface area contributed by atoms with Crippen molar-refractivity contribution >= 4 is 11.8 Å². The smallest absolute Gasteiger partial charge is 0.0685 e. The summed E-state index contributed by atoms with van der Waals surface area (Å²) < 4.78 is 6.01. The molecule has 2 aliphatic carbocycles. The van der Waals surface area contributed by atoms with Crippen molar-refractivity contribution in [3.63, 3.8) is 0 Å². The highest BCUT2D eigenvalue weighted by Crippen LogP contribution is 2.45. The van der Waals surface area contributed by atoms with Crippen molar-refractivity contribution in [1.82, 2.24) is 0 Å². The lowest BCUT2D eigenvalue weighted by molar-refractivity contribution is -0.145. The van der Waals surface area contributed by atoms with Crippen LogP contribution in [0.25, 0.3) is 0 Å². The second kappa shape index (κ2) is 6.36. The van der Waals surface area contributed by atoms with Gasteiger partial charge in [-0.05, 0) is 50.9 Å². The highest BCUT2D eigenvalue weighted by atomic mass is 32.2. The zero-order chi connectivity index (χ0) is 13.1. The van der Waals surface area contributed by atoms with Gasteiger partial charge in [-0.1, -0.05) is 19.3 Å². The lowest BCUT2D eigenvalue weighted by Gasteiger charge is -2.48. The Morgan fingerprint density at radius 2 is 1.89 bits per heavy atom. The summed E-state index contributed by atoms with van der Waals surface area (Å²) >= 11 is 2.16. The number of nitrogens with two attached hydrogens (primary N) is 1. The number of hydrogen-bond acceptors (Lipinski definition) is 3. The van der Waals surface area contributed by atoms with Gasteiger partial charge in [0.25, 0.3) is 0 Å². The van der Waals surface area contributed by atoms with Gasteiger partial charge in [0, 0.05) is 23.7 Å². The van der Waals surface area contributed by atoms with Crippen LogP contribution in [0.4, 0.5) is 0 Å². The van der Waals surface area contributed by atoms with E-state index in [9.17, 15) is 0 Å². The van der Waals surface area contributed by atoms with E-state index < -0.39 is 0 Å². The van der Waals surface area contributed by atoms with Crippen LogP contribution in [-0.4, -0.2) is 29.3 Å². The summed E-state index contributed by atoms with van der Waals surface area (Å²) in [4.78, 5) is 0. The maximum Gasteiger partial charge on any atom is 0.0685 e. The molecule has 2 N–H and O–H groups in total. The summed E-state index contributed by atoms with van der Waals surface area (Å²) in [5, 5.41) is 0.900. The van der Waals surface area contributed by atoms with E-state index >= 15 is 0 Å². The molecule has 1 aliphatic heterocycles. The average Bonchev–Trinajstić information content (AvgIpc) is 2.44. The van der Waals surface area contributed by atoms with Gasteiger partial charge >= 0.3 is 0 Å². The molecule has 3 heteroatoms. The predicted molar refractivity (Wildman–Crippen MR) is 82.6 cm³/mol. The van der Waals surface area contributed by atoms with Crippen LogP contribution in [0.2, 0.25) is 0 Å². The molecule has 2 saturated carbocycles. The number of ether oxygens (including phenoxy) is 1. The highest BCUT2D eigenvalue weighted by Gasteiger charge is 2.43. The van der Waals surface area contributed by atoms with Gasteiger partial charge in [0.05, 0.1) is 5.60 Å². The van der Waals surface area contributed by atoms with Crippen molar-refractivity contribution in [2.45, 2.75) is 81.1 Å². The van der Waals surface area contributed by atoms with Crippen LogP contribution in [0, 0.1) is 5.92 Å². The Labute approximate surface area is 122 Å². The van der Waals surface area contributed by atoms with E-state index in [0.29, 0.717) is 12.0 Å². The van der Waals surface area contributed by atoms with Crippen LogP contribution in [0.15, 0.2) is 0 Å². The second-order valence-corrected chi connectivity index (χ2v) is 8.23. The fourth-order valence-corrected chi connectivity index (χ4v) is 5.40. The van der Waals surface area contributed by atoms with Gasteiger partial charge in [0.1, 0.15) is 0 Å². The van der Waals surface area contributed by atoms with E-state index in [0.717, 1.165) is 11.9 Å². The fraction of sp³-hybridized carbons (Fsp3) is 1.00. The Kier molecular flexibility index (Phi) is 4.76. The van der Waals surface area contributed by atoms with Crippen molar-refractivity contribution in [3.05, 3.63) is 0 Å². The number of hydrogen-bond donors (Lipinski definition) is 1. The summed E-state index contributed by atoms with van der Waals surface area (Å²) in [5.41, 5.74) is 6.75. The molecule has 2 atom stereocenters. The van der Waals surface area contributed by atoms with Crippen LogP contribution in [0.1, 0.15) is 64.2 Å². The third-order valence-electron chi connectivity index (χ3n) is 5.48. The molecule has 1 saturated heterocycles. The SMILES string of the molecule is NC(CSC1CCCCC1)C1CCOC2(CCC2)C1. The molecule has 2 nitrogen and oxygen atoms in total. The molecule has 0 amide bonds. The molecule has 0 aromatic rings. The quantitative estimate of drug-likeness (QED) is 0.854. The van der Waals surface area contributed by atoms with Gasteiger partial charge in [-0.15, -0.1) is 0 Å². The molecule has 3 aliphatic rings. The average molecular weight is 283 g/mol. The molecule has 2 unspecified atom stereocenters. The standard InChI is InChI=1S/C16H29NOS/c17-15(12-19-14-5-2-1-3-6-14)13-7-10-18-16(11-13)8-4-9-16/h13-15H,1-12,17H2. The molecule has 0 bridgehead atoms. The molecule has 1 spiro atoms. The Morgan fingerprint density at radius 3 is 2.58 bits per heavy atom. The topological polar surface area (TPSA) is 35.2 Å². The molecule has 19 heavy (non-hydrogen) atoms. The molecule has 0 aromatic heterocycles. The monoisotopic (exact) mass is 283 g/mol. The predicted octanol–water partition coefficient (Wildman–Crippen LogP) is 3.73. The maximum atomic E-state index is 6.49. The molecular formula is C16H29NOS. The number of thioether (sulfide) groups is 1. The molecule has 1 heterocycles. The normalized spacial score (nSPS) is 33.0. The van der Waals surface area contributed by atoms with Gasteiger partial charge in [-0.2, -0.15) is 11.8 Å². The Morgan fingerprint density at radius 1 is 1.11 bits per heavy atom. The molecule has 0 aromatic carbocycles. The van der Waals surface area contributed by atoms with Crippen LogP contribution in [0.3, 0.4) is 0 Å². The molecule has 3 rings (SSSR count). The van der Waals surface area contributed by atoms with Gasteiger partial charge in [0.2, 0.25) is 0 Å². The largest absolute Gasteiger partial charge is 0.375 e. The Bertz CT molecular complexity index is 286. The zero-order valence-electron chi connectivity index (χ0n) is 12.1.